The van der Waals surface area contributed by atoms with Gasteiger partial charge < -0.3 is 5.11 Å². The molecule has 7 heteroatoms. The van der Waals surface area contributed by atoms with Gasteiger partial charge in [0.2, 0.25) is 0 Å². The summed E-state index contributed by atoms with van der Waals surface area (Å²) in [6.45, 7) is 4.31. The lowest BCUT2D eigenvalue weighted by molar-refractivity contribution is -0.114. The third-order valence-corrected chi connectivity index (χ3v) is 4.36. The maximum absolute atomic E-state index is 12.2. The molecule has 0 aromatic carbocycles. The number of carbonyl (C=O) groups excluding carboxylic acids is 1. The fraction of sp³-hybridized carbons (Fsp3) is 0.471. The van der Waals surface area contributed by atoms with E-state index in [0.29, 0.717) is 24.9 Å². The second-order valence-electron chi connectivity index (χ2n) is 6.01. The number of rotatable bonds is 7. The number of carbonyl (C=O) groups is 1. The zero-order chi connectivity index (χ0) is 16.9. The highest BCUT2D eigenvalue weighted by molar-refractivity contribution is 6.00. The molecule has 1 fully saturated rings. The molecule has 2 aromatic heterocycles. The first kappa shape index (κ1) is 16.4. The molecule has 0 bridgehead atoms. The van der Waals surface area contributed by atoms with Crippen molar-refractivity contribution in [2.45, 2.75) is 44.8 Å². The van der Waals surface area contributed by atoms with Crippen molar-refractivity contribution in [3.8, 4) is 0 Å². The van der Waals surface area contributed by atoms with Gasteiger partial charge >= 0.3 is 0 Å². The second-order valence-corrected chi connectivity index (χ2v) is 6.01. The molecule has 128 valence electrons. The molecular weight excluding hydrogens is 306 g/mol. The summed E-state index contributed by atoms with van der Waals surface area (Å²) >= 11 is 0. The molecule has 24 heavy (non-hydrogen) atoms. The fourth-order valence-corrected chi connectivity index (χ4v) is 3.10. The molecule has 0 aliphatic heterocycles. The van der Waals surface area contributed by atoms with Gasteiger partial charge in [0.15, 0.2) is 5.82 Å². The Balaban J connectivity index is 1.76. The number of nitrogens with zero attached hydrogens (tertiary/aromatic N) is 5. The summed E-state index contributed by atoms with van der Waals surface area (Å²) in [6.07, 6.45) is 9.85. The van der Waals surface area contributed by atoms with Gasteiger partial charge in [-0.1, -0.05) is 19.4 Å². The molecule has 1 aliphatic carbocycles. The van der Waals surface area contributed by atoms with Crippen LogP contribution in [0.5, 0.6) is 0 Å². The third-order valence-electron chi connectivity index (χ3n) is 4.36. The van der Waals surface area contributed by atoms with Crippen molar-refractivity contribution in [3.63, 3.8) is 0 Å². The number of hydrogen-bond donors (Lipinski definition) is 1. The molecule has 0 unspecified atom stereocenters. The summed E-state index contributed by atoms with van der Waals surface area (Å²) in [7, 11) is 0. The fourth-order valence-electron chi connectivity index (χ4n) is 3.10. The maximum Gasteiger partial charge on any atom is 0.251 e. The summed E-state index contributed by atoms with van der Waals surface area (Å²) in [5.74, 6) is 0.309. The first-order chi connectivity index (χ1) is 11.7. The quantitative estimate of drug-likeness (QED) is 0.787. The number of aliphatic hydroxyl groups is 1. The SMILES string of the molecule is C=CC(=O)N(Cc1ccn(C2CCCC2)n1)c1ccn(CCO)n1. The monoisotopic (exact) mass is 329 g/mol. The van der Waals surface area contributed by atoms with Crippen LogP contribution >= 0.6 is 0 Å². The first-order valence-electron chi connectivity index (χ1n) is 8.33. The summed E-state index contributed by atoms with van der Waals surface area (Å²) in [4.78, 5) is 13.8. The molecule has 1 amide bonds. The third kappa shape index (κ3) is 3.56. The largest absolute Gasteiger partial charge is 0.394 e. The number of hydrogen-bond acceptors (Lipinski definition) is 4. The van der Waals surface area contributed by atoms with E-state index in [1.54, 1.807) is 21.8 Å². The minimum atomic E-state index is -0.223. The lowest BCUT2D eigenvalue weighted by Crippen LogP contribution is -2.29. The van der Waals surface area contributed by atoms with E-state index in [1.165, 1.54) is 31.8 Å². The molecule has 1 N–H and O–H groups in total. The van der Waals surface area contributed by atoms with Gasteiger partial charge in [-0.3, -0.25) is 19.1 Å². The number of amides is 1. The topological polar surface area (TPSA) is 76.2 Å². The van der Waals surface area contributed by atoms with Gasteiger partial charge in [-0.2, -0.15) is 10.2 Å². The second kappa shape index (κ2) is 7.44. The van der Waals surface area contributed by atoms with Crippen LogP contribution in [0.2, 0.25) is 0 Å². The van der Waals surface area contributed by atoms with Gasteiger partial charge in [0, 0.05) is 18.5 Å². The van der Waals surface area contributed by atoms with E-state index in [4.69, 9.17) is 5.11 Å². The molecular formula is C17H23N5O2. The van der Waals surface area contributed by atoms with Crippen LogP contribution in [-0.4, -0.2) is 37.2 Å². The Hall–Kier alpha value is -2.41. The zero-order valence-corrected chi connectivity index (χ0v) is 13.7. The van der Waals surface area contributed by atoms with Crippen LogP contribution in [0.25, 0.3) is 0 Å². The molecule has 0 saturated heterocycles. The highest BCUT2D eigenvalue weighted by Gasteiger charge is 2.20. The average molecular weight is 329 g/mol. The summed E-state index contributed by atoms with van der Waals surface area (Å²) < 4.78 is 3.62. The standard InChI is InChI=1S/C17H23N5O2/c1-2-17(24)21(16-8-9-20(19-16)11-12-23)13-14-7-10-22(18-14)15-5-3-4-6-15/h2,7-10,15,23H,1,3-6,11-13H2. The van der Waals surface area contributed by atoms with Gasteiger partial charge in [0.05, 0.1) is 31.4 Å². The van der Waals surface area contributed by atoms with Gasteiger partial charge in [-0.05, 0) is 25.0 Å². The van der Waals surface area contributed by atoms with Crippen molar-refractivity contribution in [2.75, 3.05) is 11.5 Å². The van der Waals surface area contributed by atoms with Gasteiger partial charge in [-0.25, -0.2) is 0 Å². The van der Waals surface area contributed by atoms with Crippen LogP contribution in [0, 0.1) is 0 Å². The van der Waals surface area contributed by atoms with Crippen LogP contribution in [0.3, 0.4) is 0 Å². The van der Waals surface area contributed by atoms with Crippen molar-refractivity contribution >= 4 is 11.7 Å². The van der Waals surface area contributed by atoms with E-state index in [0.717, 1.165) is 5.69 Å². The van der Waals surface area contributed by atoms with E-state index in [2.05, 4.69) is 16.8 Å². The number of aromatic nitrogens is 4. The normalized spacial score (nSPS) is 14.9. The Kier molecular flexibility index (Phi) is 5.10. The molecule has 1 aliphatic rings. The Labute approximate surface area is 141 Å². The predicted octanol–water partition coefficient (Wildman–Crippen LogP) is 1.91. The van der Waals surface area contributed by atoms with E-state index < -0.39 is 0 Å². The van der Waals surface area contributed by atoms with Crippen molar-refractivity contribution in [1.82, 2.24) is 19.6 Å². The van der Waals surface area contributed by atoms with Gasteiger partial charge in [-0.15, -0.1) is 0 Å². The summed E-state index contributed by atoms with van der Waals surface area (Å²) in [5, 5.41) is 18.0. The minimum Gasteiger partial charge on any atom is -0.394 e. The first-order valence-corrected chi connectivity index (χ1v) is 8.33. The van der Waals surface area contributed by atoms with Crippen LogP contribution in [0.4, 0.5) is 5.82 Å². The van der Waals surface area contributed by atoms with E-state index in [9.17, 15) is 4.79 Å². The molecule has 7 nitrogen and oxygen atoms in total. The average Bonchev–Trinajstić information content (AvgIpc) is 3.32. The lowest BCUT2D eigenvalue weighted by Gasteiger charge is -2.17. The zero-order valence-electron chi connectivity index (χ0n) is 13.7. The van der Waals surface area contributed by atoms with Crippen LogP contribution in [-0.2, 0) is 17.9 Å². The molecule has 0 radical (unpaired) electrons. The number of aliphatic hydroxyl groups excluding tert-OH is 1. The molecule has 3 rings (SSSR count). The molecule has 0 spiro atoms. The lowest BCUT2D eigenvalue weighted by atomic mass is 10.3. The van der Waals surface area contributed by atoms with Crippen LogP contribution in [0.1, 0.15) is 37.4 Å². The molecule has 2 aromatic rings. The van der Waals surface area contributed by atoms with E-state index in [1.807, 2.05) is 16.9 Å². The smallest absolute Gasteiger partial charge is 0.251 e. The van der Waals surface area contributed by atoms with Crippen molar-refractivity contribution in [1.29, 1.82) is 0 Å². The van der Waals surface area contributed by atoms with Crippen molar-refractivity contribution in [3.05, 3.63) is 42.9 Å². The molecule has 2 heterocycles. The Bertz CT molecular complexity index is 699. The number of anilines is 1. The van der Waals surface area contributed by atoms with E-state index in [-0.39, 0.29) is 12.5 Å². The highest BCUT2D eigenvalue weighted by atomic mass is 16.3. The van der Waals surface area contributed by atoms with Crippen molar-refractivity contribution < 1.29 is 9.90 Å². The predicted molar refractivity (Wildman–Crippen MR) is 90.4 cm³/mol. The Morgan fingerprint density at radius 2 is 2.12 bits per heavy atom. The maximum atomic E-state index is 12.2. The van der Waals surface area contributed by atoms with E-state index >= 15 is 0 Å². The van der Waals surface area contributed by atoms with Crippen LogP contribution in [0.15, 0.2) is 37.2 Å². The summed E-state index contributed by atoms with van der Waals surface area (Å²) in [5.41, 5.74) is 0.828. The highest BCUT2D eigenvalue weighted by Crippen LogP contribution is 2.28. The van der Waals surface area contributed by atoms with Gasteiger partial charge in [0.25, 0.3) is 5.91 Å². The van der Waals surface area contributed by atoms with Crippen LogP contribution < -0.4 is 4.90 Å². The summed E-state index contributed by atoms with van der Waals surface area (Å²) in [6, 6.07) is 4.18. The molecule has 1 saturated carbocycles. The molecule has 0 atom stereocenters. The Morgan fingerprint density at radius 3 is 2.83 bits per heavy atom. The Morgan fingerprint density at radius 1 is 1.33 bits per heavy atom. The minimum absolute atomic E-state index is 0.00230. The van der Waals surface area contributed by atoms with Crippen molar-refractivity contribution in [2.24, 2.45) is 0 Å². The van der Waals surface area contributed by atoms with Gasteiger partial charge in [0.1, 0.15) is 0 Å².